The van der Waals surface area contributed by atoms with Crippen LogP contribution in [0.4, 0.5) is 5.69 Å². The van der Waals surface area contributed by atoms with Gasteiger partial charge < -0.3 is 5.73 Å². The first kappa shape index (κ1) is 20.5. The SMILES string of the molecule is CC.N#CCC(C1CCCC1)n1cc(-c2c(CN=O)cnn3cc(N)cc23)cn1. The molecular formula is C21H27N7O. The third-order valence-corrected chi connectivity index (χ3v) is 5.45. The lowest BCUT2D eigenvalue weighted by Crippen LogP contribution is -2.17. The Morgan fingerprint density at radius 3 is 2.72 bits per heavy atom. The fourth-order valence-corrected chi connectivity index (χ4v) is 4.20. The number of hydrogen-bond donors (Lipinski definition) is 1. The molecule has 0 bridgehead atoms. The Bertz CT molecular complexity index is 1010. The summed E-state index contributed by atoms with van der Waals surface area (Å²) in [5.41, 5.74) is 9.80. The van der Waals surface area contributed by atoms with Crippen molar-refractivity contribution in [3.05, 3.63) is 41.3 Å². The number of nitroso groups, excluding NO2 is 1. The van der Waals surface area contributed by atoms with Gasteiger partial charge in [-0.2, -0.15) is 20.4 Å². The first-order valence-corrected chi connectivity index (χ1v) is 10.2. The third kappa shape index (κ3) is 4.14. The highest BCUT2D eigenvalue weighted by Crippen LogP contribution is 2.37. The predicted molar refractivity (Wildman–Crippen MR) is 113 cm³/mol. The van der Waals surface area contributed by atoms with Crippen LogP contribution in [0.3, 0.4) is 0 Å². The molecule has 1 atom stereocenters. The molecule has 0 saturated heterocycles. The first-order valence-electron chi connectivity index (χ1n) is 10.2. The van der Waals surface area contributed by atoms with Gasteiger partial charge in [0.05, 0.1) is 48.3 Å². The number of hydrogen-bond acceptors (Lipinski definition) is 6. The summed E-state index contributed by atoms with van der Waals surface area (Å²) in [5.74, 6) is 0.481. The maximum Gasteiger partial charge on any atom is 0.108 e. The molecule has 3 heterocycles. The predicted octanol–water partition coefficient (Wildman–Crippen LogP) is 4.72. The van der Waals surface area contributed by atoms with Crippen molar-refractivity contribution in [2.45, 2.75) is 58.5 Å². The molecule has 2 N–H and O–H groups in total. The lowest BCUT2D eigenvalue weighted by atomic mass is 9.96. The summed E-state index contributed by atoms with van der Waals surface area (Å²) < 4.78 is 3.61. The van der Waals surface area contributed by atoms with E-state index in [9.17, 15) is 10.2 Å². The molecule has 4 rings (SSSR count). The van der Waals surface area contributed by atoms with Crippen molar-refractivity contribution in [3.8, 4) is 17.2 Å². The van der Waals surface area contributed by atoms with E-state index in [1.54, 1.807) is 23.1 Å². The van der Waals surface area contributed by atoms with E-state index in [1.807, 2.05) is 30.8 Å². The highest BCUT2D eigenvalue weighted by Gasteiger charge is 2.27. The van der Waals surface area contributed by atoms with Crippen molar-refractivity contribution >= 4 is 11.2 Å². The van der Waals surface area contributed by atoms with E-state index < -0.39 is 0 Å². The molecule has 8 nitrogen and oxygen atoms in total. The summed E-state index contributed by atoms with van der Waals surface area (Å²) in [6.45, 7) is 4.03. The molecule has 1 aliphatic rings. The Labute approximate surface area is 170 Å². The zero-order valence-electron chi connectivity index (χ0n) is 17.0. The second kappa shape index (κ2) is 9.32. The lowest BCUT2D eigenvalue weighted by Gasteiger charge is -2.21. The molecule has 3 aromatic heterocycles. The van der Waals surface area contributed by atoms with Gasteiger partial charge in [-0.3, -0.25) is 4.68 Å². The Morgan fingerprint density at radius 2 is 2.03 bits per heavy atom. The standard InChI is InChI=1S/C19H21N7O.C2H6/c20-6-5-17(13-3-1-2-4-13)25-11-15(9-23-25)19-14(10-24-27)8-22-26-12-16(21)7-18(19)26;1-2/h7-9,11-13,17H,1-5,10,21H2;1-2H3. The van der Waals surface area contributed by atoms with Crippen LogP contribution in [0.15, 0.2) is 36.0 Å². The number of nitrogen functional groups attached to an aromatic ring is 1. The van der Waals surface area contributed by atoms with E-state index in [0.717, 1.165) is 35.0 Å². The van der Waals surface area contributed by atoms with Crippen LogP contribution < -0.4 is 5.73 Å². The van der Waals surface area contributed by atoms with Gasteiger partial charge in [0.1, 0.15) is 6.54 Å². The average molecular weight is 393 g/mol. The fourth-order valence-electron chi connectivity index (χ4n) is 4.20. The Kier molecular flexibility index (Phi) is 6.60. The Morgan fingerprint density at radius 1 is 1.28 bits per heavy atom. The van der Waals surface area contributed by atoms with E-state index in [-0.39, 0.29) is 12.6 Å². The van der Waals surface area contributed by atoms with Gasteiger partial charge in [0, 0.05) is 22.9 Å². The van der Waals surface area contributed by atoms with Crippen LogP contribution in [0.1, 0.15) is 57.6 Å². The summed E-state index contributed by atoms with van der Waals surface area (Å²) in [7, 11) is 0. The second-order valence-electron chi connectivity index (χ2n) is 7.12. The van der Waals surface area contributed by atoms with E-state index >= 15 is 0 Å². The van der Waals surface area contributed by atoms with Gasteiger partial charge in [-0.15, -0.1) is 0 Å². The average Bonchev–Trinajstić information content (AvgIpc) is 3.48. The molecule has 152 valence electrons. The molecule has 0 amide bonds. The number of nitriles is 1. The summed E-state index contributed by atoms with van der Waals surface area (Å²) in [6, 6.07) is 4.22. The zero-order valence-corrected chi connectivity index (χ0v) is 17.0. The quantitative estimate of drug-likeness (QED) is 0.609. The lowest BCUT2D eigenvalue weighted by molar-refractivity contribution is 0.315. The topological polar surface area (TPSA) is 114 Å². The van der Waals surface area contributed by atoms with Crippen molar-refractivity contribution in [1.82, 2.24) is 19.4 Å². The highest BCUT2D eigenvalue weighted by atomic mass is 16.3. The van der Waals surface area contributed by atoms with Gasteiger partial charge in [0.25, 0.3) is 0 Å². The monoisotopic (exact) mass is 393 g/mol. The van der Waals surface area contributed by atoms with Crippen LogP contribution in [0, 0.1) is 22.2 Å². The normalized spacial score (nSPS) is 14.9. The molecular weight excluding hydrogens is 366 g/mol. The number of anilines is 1. The number of nitrogens with zero attached hydrogens (tertiary/aromatic N) is 6. The third-order valence-electron chi connectivity index (χ3n) is 5.45. The van der Waals surface area contributed by atoms with E-state index in [4.69, 9.17) is 5.73 Å². The molecule has 1 fully saturated rings. The molecule has 0 spiro atoms. The number of rotatable bonds is 6. The highest BCUT2D eigenvalue weighted by molar-refractivity contribution is 5.84. The smallest absolute Gasteiger partial charge is 0.108 e. The van der Waals surface area contributed by atoms with Crippen molar-refractivity contribution in [2.75, 3.05) is 5.73 Å². The minimum absolute atomic E-state index is 0.0271. The molecule has 0 aromatic carbocycles. The summed E-state index contributed by atoms with van der Waals surface area (Å²) in [6.07, 6.45) is 12.3. The molecule has 29 heavy (non-hydrogen) atoms. The number of aromatic nitrogens is 4. The van der Waals surface area contributed by atoms with Crippen LogP contribution in [0.5, 0.6) is 0 Å². The maximum atomic E-state index is 10.9. The number of nitrogens with two attached hydrogens (primary N) is 1. The van der Waals surface area contributed by atoms with Gasteiger partial charge in [0.15, 0.2) is 0 Å². The second-order valence-corrected chi connectivity index (χ2v) is 7.12. The molecule has 0 radical (unpaired) electrons. The van der Waals surface area contributed by atoms with Gasteiger partial charge in [0.2, 0.25) is 0 Å². The van der Waals surface area contributed by atoms with Crippen molar-refractivity contribution < 1.29 is 0 Å². The summed E-state index contributed by atoms with van der Waals surface area (Å²) in [5, 5.41) is 21.2. The minimum Gasteiger partial charge on any atom is -0.397 e. The van der Waals surface area contributed by atoms with Crippen LogP contribution in [0.25, 0.3) is 16.6 Å². The van der Waals surface area contributed by atoms with E-state index in [1.165, 1.54) is 12.8 Å². The Hall–Kier alpha value is -3.21. The van der Waals surface area contributed by atoms with Gasteiger partial charge in [-0.25, -0.2) is 4.52 Å². The maximum absolute atomic E-state index is 10.9. The fraction of sp³-hybridized carbons (Fsp3) is 0.476. The van der Waals surface area contributed by atoms with Crippen molar-refractivity contribution in [3.63, 3.8) is 0 Å². The van der Waals surface area contributed by atoms with E-state index in [0.29, 0.717) is 18.0 Å². The molecule has 8 heteroatoms. The van der Waals surface area contributed by atoms with E-state index in [2.05, 4.69) is 21.4 Å². The van der Waals surface area contributed by atoms with Crippen LogP contribution in [-0.2, 0) is 6.54 Å². The summed E-state index contributed by atoms with van der Waals surface area (Å²) in [4.78, 5) is 10.9. The van der Waals surface area contributed by atoms with Gasteiger partial charge >= 0.3 is 0 Å². The molecule has 0 aliphatic heterocycles. The van der Waals surface area contributed by atoms with Crippen molar-refractivity contribution in [1.29, 1.82) is 5.26 Å². The number of fused-ring (bicyclic) bond motifs is 1. The molecule has 1 saturated carbocycles. The van der Waals surface area contributed by atoms with Gasteiger partial charge in [-0.1, -0.05) is 31.9 Å². The van der Waals surface area contributed by atoms with Gasteiger partial charge in [-0.05, 0) is 24.8 Å². The van der Waals surface area contributed by atoms with Crippen LogP contribution >= 0.6 is 0 Å². The van der Waals surface area contributed by atoms with Crippen molar-refractivity contribution in [2.24, 2.45) is 11.1 Å². The molecule has 3 aromatic rings. The first-order chi connectivity index (χ1) is 14.2. The zero-order chi connectivity index (χ0) is 20.8. The van der Waals surface area contributed by atoms with Crippen LogP contribution in [0.2, 0.25) is 0 Å². The molecule has 1 aliphatic carbocycles. The minimum atomic E-state index is 0.0271. The largest absolute Gasteiger partial charge is 0.397 e. The Balaban J connectivity index is 0.00000117. The molecule has 1 unspecified atom stereocenters. The summed E-state index contributed by atoms with van der Waals surface area (Å²) >= 11 is 0. The van der Waals surface area contributed by atoms with Crippen LogP contribution in [-0.4, -0.2) is 19.4 Å².